The molecule has 5 heteroatoms. The first-order chi connectivity index (χ1) is 10.0. The zero-order chi connectivity index (χ0) is 14.9. The Morgan fingerprint density at radius 1 is 1.14 bits per heavy atom. The van der Waals surface area contributed by atoms with E-state index in [-0.39, 0.29) is 6.10 Å². The molecular formula is C16H21NO3S. The lowest BCUT2D eigenvalue weighted by Gasteiger charge is -2.28. The Kier molecular flexibility index (Phi) is 4.04. The predicted molar refractivity (Wildman–Crippen MR) is 82.6 cm³/mol. The van der Waals surface area contributed by atoms with E-state index in [0.717, 1.165) is 30.8 Å². The summed E-state index contributed by atoms with van der Waals surface area (Å²) in [5.41, 5.74) is 0.957. The highest BCUT2D eigenvalue weighted by Gasteiger charge is 2.28. The molecule has 3 rings (SSSR count). The third-order valence-corrected chi connectivity index (χ3v) is 5.42. The number of piperidine rings is 1. The second-order valence-electron chi connectivity index (χ2n) is 5.84. The molecule has 2 aliphatic heterocycles. The van der Waals surface area contributed by atoms with Gasteiger partial charge in [0, 0.05) is 18.2 Å². The Balaban J connectivity index is 1.68. The van der Waals surface area contributed by atoms with Crippen molar-refractivity contribution < 1.29 is 13.2 Å². The first kappa shape index (κ1) is 14.6. The second kappa shape index (κ2) is 5.81. The van der Waals surface area contributed by atoms with Crippen LogP contribution in [0.1, 0.15) is 24.8 Å². The summed E-state index contributed by atoms with van der Waals surface area (Å²) in [5.74, 6) is 1.51. The molecule has 2 heterocycles. The minimum Gasteiger partial charge on any atom is -0.490 e. The molecule has 0 saturated carbocycles. The highest BCUT2D eigenvalue weighted by Crippen LogP contribution is 2.33. The Labute approximate surface area is 126 Å². The summed E-state index contributed by atoms with van der Waals surface area (Å²) < 4.78 is 29.0. The average Bonchev–Trinajstić information content (AvgIpc) is 2.97. The molecule has 0 aliphatic carbocycles. The summed E-state index contributed by atoms with van der Waals surface area (Å²) in [4.78, 5) is 0.347. The molecule has 1 aromatic rings. The number of hydrogen-bond acceptors (Lipinski definition) is 4. The highest BCUT2D eigenvalue weighted by molar-refractivity contribution is 7.90. The van der Waals surface area contributed by atoms with Crippen LogP contribution in [0.2, 0.25) is 0 Å². The average molecular weight is 307 g/mol. The predicted octanol–water partition coefficient (Wildman–Crippen LogP) is 2.22. The van der Waals surface area contributed by atoms with Gasteiger partial charge in [-0.05, 0) is 62.2 Å². The van der Waals surface area contributed by atoms with Gasteiger partial charge in [-0.2, -0.15) is 0 Å². The molecular weight excluding hydrogens is 286 g/mol. The van der Waals surface area contributed by atoms with Gasteiger partial charge in [-0.3, -0.25) is 0 Å². The van der Waals surface area contributed by atoms with E-state index < -0.39 is 9.84 Å². The first-order valence-corrected chi connectivity index (χ1v) is 9.31. The maximum atomic E-state index is 11.5. The van der Waals surface area contributed by atoms with E-state index in [0.29, 0.717) is 10.8 Å². The molecule has 0 radical (unpaired) electrons. The molecule has 4 nitrogen and oxygen atoms in total. The molecule has 0 unspecified atom stereocenters. The molecule has 2 aliphatic rings. The van der Waals surface area contributed by atoms with Gasteiger partial charge in [0.15, 0.2) is 9.84 Å². The number of hydrogen-bond donors (Lipinski definition) is 1. The lowest BCUT2D eigenvalue weighted by Crippen LogP contribution is -2.33. The van der Waals surface area contributed by atoms with E-state index >= 15 is 0 Å². The van der Waals surface area contributed by atoms with E-state index in [2.05, 4.69) is 11.4 Å². The molecule has 1 atom stereocenters. The summed E-state index contributed by atoms with van der Waals surface area (Å²) in [5, 5.41) is 3.37. The van der Waals surface area contributed by atoms with Gasteiger partial charge in [-0.1, -0.05) is 0 Å². The summed E-state index contributed by atoms with van der Waals surface area (Å²) in [6.45, 7) is 2.14. The maximum absolute atomic E-state index is 11.5. The SMILES string of the molecule is CS(=O)(=O)c1ccc(C2=CC[C@H](C3CCNCC3)O2)cc1. The Hall–Kier alpha value is -1.33. The van der Waals surface area contributed by atoms with Crippen molar-refractivity contribution in [1.29, 1.82) is 0 Å². The van der Waals surface area contributed by atoms with Crippen molar-refractivity contribution in [1.82, 2.24) is 5.32 Å². The maximum Gasteiger partial charge on any atom is 0.175 e. The minimum atomic E-state index is -3.14. The zero-order valence-electron chi connectivity index (χ0n) is 12.2. The highest BCUT2D eigenvalue weighted by atomic mass is 32.2. The molecule has 1 fully saturated rings. The molecule has 0 bridgehead atoms. The smallest absolute Gasteiger partial charge is 0.175 e. The van der Waals surface area contributed by atoms with Crippen LogP contribution in [0, 0.1) is 5.92 Å². The van der Waals surface area contributed by atoms with E-state index in [1.807, 2.05) is 12.1 Å². The number of sulfone groups is 1. The normalized spacial score (nSPS) is 23.7. The van der Waals surface area contributed by atoms with Gasteiger partial charge in [0.2, 0.25) is 0 Å². The molecule has 0 amide bonds. The Morgan fingerprint density at radius 2 is 1.81 bits per heavy atom. The Bertz CT molecular complexity index is 628. The number of benzene rings is 1. The molecule has 0 spiro atoms. The van der Waals surface area contributed by atoms with E-state index in [1.165, 1.54) is 19.1 Å². The van der Waals surface area contributed by atoms with Crippen LogP contribution in [0.15, 0.2) is 35.2 Å². The second-order valence-corrected chi connectivity index (χ2v) is 7.86. The van der Waals surface area contributed by atoms with Gasteiger partial charge in [-0.25, -0.2) is 8.42 Å². The summed E-state index contributed by atoms with van der Waals surface area (Å²) in [6, 6.07) is 6.94. The minimum absolute atomic E-state index is 0.275. The fourth-order valence-electron chi connectivity index (χ4n) is 3.04. The summed E-state index contributed by atoms with van der Waals surface area (Å²) in [7, 11) is -3.14. The molecule has 1 aromatic carbocycles. The largest absolute Gasteiger partial charge is 0.490 e. The van der Waals surface area contributed by atoms with Crippen LogP contribution in [0.5, 0.6) is 0 Å². The number of nitrogens with one attached hydrogen (secondary N) is 1. The van der Waals surface area contributed by atoms with Crippen LogP contribution in [-0.2, 0) is 14.6 Å². The van der Waals surface area contributed by atoms with Crippen molar-refractivity contribution in [2.45, 2.75) is 30.3 Å². The lowest BCUT2D eigenvalue weighted by atomic mass is 9.91. The van der Waals surface area contributed by atoms with Crippen molar-refractivity contribution in [3.63, 3.8) is 0 Å². The fourth-order valence-corrected chi connectivity index (χ4v) is 3.67. The lowest BCUT2D eigenvalue weighted by molar-refractivity contribution is 0.104. The van der Waals surface area contributed by atoms with Gasteiger partial charge in [0.25, 0.3) is 0 Å². The zero-order valence-corrected chi connectivity index (χ0v) is 13.0. The molecule has 0 aromatic heterocycles. The van der Waals surface area contributed by atoms with Crippen LogP contribution in [0.3, 0.4) is 0 Å². The van der Waals surface area contributed by atoms with Crippen molar-refractivity contribution in [2.24, 2.45) is 5.92 Å². The van der Waals surface area contributed by atoms with Gasteiger partial charge in [0.05, 0.1) is 4.90 Å². The van der Waals surface area contributed by atoms with Crippen molar-refractivity contribution in [3.8, 4) is 0 Å². The van der Waals surface area contributed by atoms with Gasteiger partial charge >= 0.3 is 0 Å². The summed E-state index contributed by atoms with van der Waals surface area (Å²) in [6.07, 6.45) is 6.91. The van der Waals surface area contributed by atoms with E-state index in [1.54, 1.807) is 12.1 Å². The molecule has 1 saturated heterocycles. The Morgan fingerprint density at radius 3 is 2.43 bits per heavy atom. The summed E-state index contributed by atoms with van der Waals surface area (Å²) >= 11 is 0. The monoisotopic (exact) mass is 307 g/mol. The third-order valence-electron chi connectivity index (χ3n) is 4.29. The van der Waals surface area contributed by atoms with Gasteiger partial charge in [-0.15, -0.1) is 0 Å². The van der Waals surface area contributed by atoms with Gasteiger partial charge < -0.3 is 10.1 Å². The van der Waals surface area contributed by atoms with E-state index in [4.69, 9.17) is 4.74 Å². The molecule has 114 valence electrons. The topological polar surface area (TPSA) is 55.4 Å². The standard InChI is InChI=1S/C16H21NO3S/c1-21(18,19)14-4-2-12(3-5-14)15-6-7-16(20-15)13-8-10-17-11-9-13/h2-6,13,16-17H,7-11H2,1H3/t16-/m1/s1. The first-order valence-electron chi connectivity index (χ1n) is 7.42. The molecule has 1 N–H and O–H groups in total. The van der Waals surface area contributed by atoms with Crippen molar-refractivity contribution in [2.75, 3.05) is 19.3 Å². The van der Waals surface area contributed by atoms with E-state index in [9.17, 15) is 8.42 Å². The fraction of sp³-hybridized carbons (Fsp3) is 0.500. The van der Waals surface area contributed by atoms with Gasteiger partial charge in [0.1, 0.15) is 11.9 Å². The van der Waals surface area contributed by atoms with Crippen LogP contribution in [-0.4, -0.2) is 33.9 Å². The van der Waals surface area contributed by atoms with Crippen LogP contribution < -0.4 is 5.32 Å². The number of rotatable bonds is 3. The quantitative estimate of drug-likeness (QED) is 0.930. The third kappa shape index (κ3) is 3.30. The van der Waals surface area contributed by atoms with Crippen molar-refractivity contribution >= 4 is 15.6 Å². The van der Waals surface area contributed by atoms with Crippen LogP contribution >= 0.6 is 0 Å². The van der Waals surface area contributed by atoms with Crippen LogP contribution in [0.4, 0.5) is 0 Å². The molecule has 21 heavy (non-hydrogen) atoms. The van der Waals surface area contributed by atoms with Crippen molar-refractivity contribution in [3.05, 3.63) is 35.9 Å². The number of ether oxygens (including phenoxy) is 1. The van der Waals surface area contributed by atoms with Crippen LogP contribution in [0.25, 0.3) is 5.76 Å².